The van der Waals surface area contributed by atoms with Gasteiger partial charge in [0.1, 0.15) is 5.69 Å². The van der Waals surface area contributed by atoms with E-state index < -0.39 is 23.6 Å². The molecule has 0 spiro atoms. The molecule has 144 valence electrons. The Labute approximate surface area is 164 Å². The second kappa shape index (κ2) is 6.71. The fraction of sp³-hybridized carbons (Fsp3) is 0.0500. The van der Waals surface area contributed by atoms with Crippen LogP contribution in [0.25, 0.3) is 0 Å². The van der Waals surface area contributed by atoms with Crippen LogP contribution >= 0.6 is 0 Å². The number of amides is 4. The third-order valence-corrected chi connectivity index (χ3v) is 4.58. The highest BCUT2D eigenvalue weighted by Crippen LogP contribution is 2.29. The first kappa shape index (κ1) is 18.1. The number of fused-ring (bicyclic) bond motifs is 1. The first-order valence-electron chi connectivity index (χ1n) is 8.59. The van der Waals surface area contributed by atoms with Gasteiger partial charge < -0.3 is 11.1 Å². The summed E-state index contributed by atoms with van der Waals surface area (Å²) in [7, 11) is 1.53. The number of carbonyl (C=O) groups excluding carboxylic acids is 4. The second-order valence-corrected chi connectivity index (χ2v) is 6.39. The summed E-state index contributed by atoms with van der Waals surface area (Å²) in [5, 5.41) is 6.49. The molecule has 9 nitrogen and oxygen atoms in total. The van der Waals surface area contributed by atoms with Crippen molar-refractivity contribution in [2.75, 3.05) is 10.2 Å². The predicted octanol–water partition coefficient (Wildman–Crippen LogP) is 1.57. The van der Waals surface area contributed by atoms with Crippen molar-refractivity contribution in [2.45, 2.75) is 0 Å². The van der Waals surface area contributed by atoms with E-state index in [2.05, 4.69) is 10.4 Å². The predicted molar refractivity (Wildman–Crippen MR) is 104 cm³/mol. The summed E-state index contributed by atoms with van der Waals surface area (Å²) in [6.07, 6.45) is 1.31. The molecule has 0 saturated carbocycles. The molecule has 0 aliphatic carbocycles. The van der Waals surface area contributed by atoms with Crippen LogP contribution in [0.4, 0.5) is 11.4 Å². The summed E-state index contributed by atoms with van der Waals surface area (Å²) < 4.78 is 1.26. The Hall–Kier alpha value is -4.27. The average molecular weight is 389 g/mol. The highest BCUT2D eigenvalue weighted by molar-refractivity contribution is 6.34. The third kappa shape index (κ3) is 2.94. The number of nitrogens with one attached hydrogen (secondary N) is 1. The van der Waals surface area contributed by atoms with E-state index in [1.54, 1.807) is 36.4 Å². The fourth-order valence-corrected chi connectivity index (χ4v) is 3.23. The smallest absolute Gasteiger partial charge is 0.269 e. The van der Waals surface area contributed by atoms with Crippen molar-refractivity contribution in [3.8, 4) is 0 Å². The first-order valence-corrected chi connectivity index (χ1v) is 8.59. The van der Waals surface area contributed by atoms with E-state index in [1.165, 1.54) is 30.1 Å². The van der Waals surface area contributed by atoms with Crippen molar-refractivity contribution < 1.29 is 19.2 Å². The molecule has 0 atom stereocenters. The van der Waals surface area contributed by atoms with Crippen LogP contribution in [0.3, 0.4) is 0 Å². The van der Waals surface area contributed by atoms with E-state index in [-0.39, 0.29) is 22.6 Å². The van der Waals surface area contributed by atoms with Gasteiger partial charge >= 0.3 is 0 Å². The Morgan fingerprint density at radius 3 is 2.28 bits per heavy atom. The number of nitrogens with zero attached hydrogens (tertiary/aromatic N) is 3. The second-order valence-electron chi connectivity index (χ2n) is 6.39. The molecule has 0 radical (unpaired) electrons. The number of aryl methyl sites for hydroxylation is 1. The van der Waals surface area contributed by atoms with Crippen molar-refractivity contribution in [1.29, 1.82) is 0 Å². The lowest BCUT2D eigenvalue weighted by Gasteiger charge is -2.15. The van der Waals surface area contributed by atoms with Gasteiger partial charge in [0.05, 0.1) is 28.7 Å². The van der Waals surface area contributed by atoms with Crippen molar-refractivity contribution in [2.24, 2.45) is 12.8 Å². The van der Waals surface area contributed by atoms with Crippen LogP contribution in [-0.4, -0.2) is 33.4 Å². The number of imide groups is 1. The quantitative estimate of drug-likeness (QED) is 0.655. The number of rotatable bonds is 4. The lowest BCUT2D eigenvalue weighted by atomic mass is 10.1. The Bertz CT molecular complexity index is 1160. The summed E-state index contributed by atoms with van der Waals surface area (Å²) in [5.41, 5.74) is 6.62. The fourth-order valence-electron chi connectivity index (χ4n) is 3.23. The summed E-state index contributed by atoms with van der Waals surface area (Å²) in [6, 6.07) is 12.6. The molecule has 1 aromatic heterocycles. The summed E-state index contributed by atoms with van der Waals surface area (Å²) in [4.78, 5) is 50.5. The number of primary amides is 1. The summed E-state index contributed by atoms with van der Waals surface area (Å²) in [5.74, 6) is -2.18. The number of hydrogen-bond acceptors (Lipinski definition) is 5. The minimum atomic E-state index is -0.736. The van der Waals surface area contributed by atoms with Gasteiger partial charge in [-0.05, 0) is 30.3 Å². The molecule has 2 aromatic carbocycles. The molecule has 3 aromatic rings. The average Bonchev–Trinajstić information content (AvgIpc) is 3.19. The van der Waals surface area contributed by atoms with Gasteiger partial charge in [-0.25, -0.2) is 4.90 Å². The van der Waals surface area contributed by atoms with E-state index in [0.717, 1.165) is 4.90 Å². The van der Waals surface area contributed by atoms with Crippen LogP contribution in [0.15, 0.2) is 54.7 Å². The van der Waals surface area contributed by atoms with Crippen molar-refractivity contribution in [1.82, 2.24) is 9.78 Å². The standard InChI is InChI=1S/C20H15N5O4/c1-24-16(17(21)26)15(10-22-24)23-18(27)11-5-4-6-12(9-11)25-19(28)13-7-2-3-8-14(13)20(25)29/h2-10H,1H3,(H2,21,26)(H,23,27). The minimum Gasteiger partial charge on any atom is -0.364 e. The van der Waals surface area contributed by atoms with Crippen LogP contribution < -0.4 is 16.0 Å². The Balaban J connectivity index is 1.64. The number of benzene rings is 2. The van der Waals surface area contributed by atoms with Crippen molar-refractivity contribution in [3.63, 3.8) is 0 Å². The Morgan fingerprint density at radius 1 is 1.00 bits per heavy atom. The van der Waals surface area contributed by atoms with Gasteiger partial charge in [-0.1, -0.05) is 18.2 Å². The molecule has 0 fully saturated rings. The van der Waals surface area contributed by atoms with Crippen LogP contribution in [0, 0.1) is 0 Å². The third-order valence-electron chi connectivity index (χ3n) is 4.58. The van der Waals surface area contributed by atoms with E-state index in [1.807, 2.05) is 0 Å². The zero-order valence-electron chi connectivity index (χ0n) is 15.2. The van der Waals surface area contributed by atoms with Gasteiger partial charge in [-0.2, -0.15) is 5.10 Å². The summed E-state index contributed by atoms with van der Waals surface area (Å²) >= 11 is 0. The van der Waals surface area contributed by atoms with E-state index in [9.17, 15) is 19.2 Å². The van der Waals surface area contributed by atoms with Gasteiger partial charge in [0.15, 0.2) is 0 Å². The zero-order valence-corrected chi connectivity index (χ0v) is 15.2. The molecule has 4 rings (SSSR count). The lowest BCUT2D eigenvalue weighted by Crippen LogP contribution is -2.29. The van der Waals surface area contributed by atoms with Crippen molar-refractivity contribution >= 4 is 35.0 Å². The highest BCUT2D eigenvalue weighted by atomic mass is 16.2. The van der Waals surface area contributed by atoms with Crippen LogP contribution in [-0.2, 0) is 7.05 Å². The van der Waals surface area contributed by atoms with Crippen molar-refractivity contribution in [3.05, 3.63) is 77.1 Å². The van der Waals surface area contributed by atoms with Crippen LogP contribution in [0.5, 0.6) is 0 Å². The summed E-state index contributed by atoms with van der Waals surface area (Å²) in [6.45, 7) is 0. The molecular formula is C20H15N5O4. The van der Waals surface area contributed by atoms with E-state index in [0.29, 0.717) is 11.1 Å². The molecule has 4 amide bonds. The molecule has 0 saturated heterocycles. The van der Waals surface area contributed by atoms with Gasteiger partial charge in [0.2, 0.25) is 0 Å². The zero-order chi connectivity index (χ0) is 20.7. The Morgan fingerprint density at radius 2 is 1.66 bits per heavy atom. The molecule has 1 aliphatic rings. The molecule has 9 heteroatoms. The molecule has 1 aliphatic heterocycles. The normalized spacial score (nSPS) is 12.8. The molecule has 29 heavy (non-hydrogen) atoms. The molecule has 0 bridgehead atoms. The number of aromatic nitrogens is 2. The SMILES string of the molecule is Cn1ncc(NC(=O)c2cccc(N3C(=O)c4ccccc4C3=O)c2)c1C(N)=O. The van der Waals surface area contributed by atoms with Crippen LogP contribution in [0.2, 0.25) is 0 Å². The maximum absolute atomic E-state index is 12.7. The van der Waals surface area contributed by atoms with E-state index in [4.69, 9.17) is 5.73 Å². The first-order chi connectivity index (χ1) is 13.9. The number of anilines is 2. The lowest BCUT2D eigenvalue weighted by molar-refractivity contribution is 0.0922. The molecule has 3 N–H and O–H groups in total. The number of nitrogens with two attached hydrogens (primary N) is 1. The van der Waals surface area contributed by atoms with Gasteiger partial charge in [0, 0.05) is 12.6 Å². The van der Waals surface area contributed by atoms with Gasteiger partial charge in [-0.15, -0.1) is 0 Å². The van der Waals surface area contributed by atoms with Gasteiger partial charge in [0.25, 0.3) is 23.6 Å². The minimum absolute atomic E-state index is 0.0508. The molecule has 0 unspecified atom stereocenters. The van der Waals surface area contributed by atoms with E-state index >= 15 is 0 Å². The van der Waals surface area contributed by atoms with Gasteiger partial charge in [-0.3, -0.25) is 23.9 Å². The maximum atomic E-state index is 12.7. The topological polar surface area (TPSA) is 127 Å². The Kier molecular flexibility index (Phi) is 4.19. The molecule has 2 heterocycles. The maximum Gasteiger partial charge on any atom is 0.269 e. The number of hydrogen-bond donors (Lipinski definition) is 2. The largest absolute Gasteiger partial charge is 0.364 e. The number of carbonyl (C=O) groups is 4. The highest BCUT2D eigenvalue weighted by Gasteiger charge is 2.36. The monoisotopic (exact) mass is 389 g/mol. The molecular weight excluding hydrogens is 374 g/mol. The van der Waals surface area contributed by atoms with Crippen LogP contribution in [0.1, 0.15) is 41.6 Å².